The Kier molecular flexibility index (Phi) is 11.9. The average molecular weight is 386 g/mol. The number of benzene rings is 1. The fourth-order valence-electron chi connectivity index (χ4n) is 4.20. The molecule has 1 N–H and O–H groups in total. The smallest absolute Gasteiger partial charge is 0.140 e. The molecule has 0 saturated carbocycles. The van der Waals surface area contributed by atoms with Gasteiger partial charge in [-0.25, -0.2) is 0 Å². The predicted octanol–water partition coefficient (Wildman–Crippen LogP) is 7.19. The van der Waals surface area contributed by atoms with E-state index in [1.54, 1.807) is 6.92 Å². The minimum absolute atomic E-state index is 0.292. The molecule has 1 rings (SSSR count). The Labute approximate surface area is 174 Å². The van der Waals surface area contributed by atoms with Crippen molar-refractivity contribution in [2.75, 3.05) is 6.54 Å². The number of carbonyl (C=O) groups excluding carboxylic acids is 1. The second-order valence-corrected chi connectivity index (χ2v) is 8.53. The van der Waals surface area contributed by atoms with Gasteiger partial charge in [0.2, 0.25) is 0 Å². The summed E-state index contributed by atoms with van der Waals surface area (Å²) in [5.41, 5.74) is 1.97. The van der Waals surface area contributed by atoms with Crippen LogP contribution >= 0.6 is 0 Å². The van der Waals surface area contributed by atoms with Crippen molar-refractivity contribution in [3.8, 4) is 0 Å². The van der Waals surface area contributed by atoms with Crippen LogP contribution in [0.4, 0.5) is 0 Å². The zero-order valence-corrected chi connectivity index (χ0v) is 18.9. The van der Waals surface area contributed by atoms with Crippen molar-refractivity contribution in [2.45, 2.75) is 97.3 Å². The highest BCUT2D eigenvalue weighted by molar-refractivity contribution is 5.88. The highest BCUT2D eigenvalue weighted by atomic mass is 16.1. The van der Waals surface area contributed by atoms with Crippen LogP contribution in [0.5, 0.6) is 0 Å². The molecular formula is C26H43NO. The van der Waals surface area contributed by atoms with E-state index in [1.807, 2.05) is 18.2 Å². The van der Waals surface area contributed by atoms with E-state index >= 15 is 0 Å². The van der Waals surface area contributed by atoms with E-state index in [-0.39, 0.29) is 5.41 Å². The van der Waals surface area contributed by atoms with Gasteiger partial charge in [0.15, 0.2) is 0 Å². The molecule has 0 fully saturated rings. The summed E-state index contributed by atoms with van der Waals surface area (Å²) in [6, 6.07) is 10.3. The van der Waals surface area contributed by atoms with Crippen LogP contribution in [0.15, 0.2) is 42.6 Å². The number of ketones is 1. The van der Waals surface area contributed by atoms with E-state index in [4.69, 9.17) is 0 Å². The lowest BCUT2D eigenvalue weighted by Crippen LogP contribution is -2.35. The summed E-state index contributed by atoms with van der Waals surface area (Å²) in [7, 11) is 0. The number of rotatable bonds is 16. The molecule has 2 unspecified atom stereocenters. The van der Waals surface area contributed by atoms with Crippen molar-refractivity contribution < 1.29 is 4.79 Å². The van der Waals surface area contributed by atoms with Crippen molar-refractivity contribution in [1.29, 1.82) is 0 Å². The zero-order chi connectivity index (χ0) is 20.8. The van der Waals surface area contributed by atoms with Crippen LogP contribution in [0.1, 0.15) is 97.5 Å². The van der Waals surface area contributed by atoms with Gasteiger partial charge in [0, 0.05) is 12.2 Å². The Balaban J connectivity index is 2.46. The van der Waals surface area contributed by atoms with Crippen molar-refractivity contribution in [1.82, 2.24) is 5.32 Å². The van der Waals surface area contributed by atoms with Gasteiger partial charge in [0.1, 0.15) is 5.78 Å². The molecule has 0 heterocycles. The van der Waals surface area contributed by atoms with Crippen LogP contribution in [0.2, 0.25) is 0 Å². The molecule has 0 bridgehead atoms. The first-order valence-electron chi connectivity index (χ1n) is 11.4. The van der Waals surface area contributed by atoms with E-state index < -0.39 is 0 Å². The molecule has 1 aromatic rings. The Bertz CT molecular complexity index is 565. The molecule has 0 aliphatic carbocycles. The summed E-state index contributed by atoms with van der Waals surface area (Å²) in [4.78, 5) is 12.6. The third kappa shape index (κ3) is 8.20. The lowest BCUT2D eigenvalue weighted by molar-refractivity contribution is -0.123. The van der Waals surface area contributed by atoms with Gasteiger partial charge in [-0.2, -0.15) is 0 Å². The molecule has 2 heteroatoms. The summed E-state index contributed by atoms with van der Waals surface area (Å²) >= 11 is 0. The maximum atomic E-state index is 12.6. The van der Waals surface area contributed by atoms with Gasteiger partial charge in [-0.15, -0.1) is 0 Å². The number of allylic oxidation sites excluding steroid dienone is 1. The molecule has 2 atom stereocenters. The van der Waals surface area contributed by atoms with Gasteiger partial charge >= 0.3 is 0 Å². The van der Waals surface area contributed by atoms with Gasteiger partial charge in [-0.1, -0.05) is 89.8 Å². The van der Waals surface area contributed by atoms with Crippen LogP contribution < -0.4 is 5.32 Å². The van der Waals surface area contributed by atoms with Gasteiger partial charge in [0.05, 0.1) is 5.41 Å². The molecular weight excluding hydrogens is 342 g/mol. The van der Waals surface area contributed by atoms with E-state index in [2.05, 4.69) is 44.8 Å². The SMILES string of the molecule is C=C(CCC(C)CCCCC)NCCCC(CCC)(C(C)=O)c1ccccc1. The first-order chi connectivity index (χ1) is 13.5. The predicted molar refractivity (Wildman–Crippen MR) is 123 cm³/mol. The van der Waals surface area contributed by atoms with Crippen LogP contribution in [0, 0.1) is 5.92 Å². The number of carbonyl (C=O) groups is 1. The Morgan fingerprint density at radius 1 is 1.04 bits per heavy atom. The lowest BCUT2D eigenvalue weighted by atomic mass is 9.70. The van der Waals surface area contributed by atoms with Gasteiger partial charge in [-0.05, 0) is 50.5 Å². The van der Waals surface area contributed by atoms with Crippen molar-refractivity contribution in [2.24, 2.45) is 5.92 Å². The topological polar surface area (TPSA) is 29.1 Å². The maximum absolute atomic E-state index is 12.6. The molecule has 0 radical (unpaired) electrons. The molecule has 158 valence electrons. The number of unbranched alkanes of at least 4 members (excludes halogenated alkanes) is 2. The highest BCUT2D eigenvalue weighted by Gasteiger charge is 2.35. The zero-order valence-electron chi connectivity index (χ0n) is 18.9. The number of hydrogen-bond acceptors (Lipinski definition) is 2. The molecule has 0 spiro atoms. The number of nitrogens with one attached hydrogen (secondary N) is 1. The van der Waals surface area contributed by atoms with Crippen molar-refractivity contribution in [3.63, 3.8) is 0 Å². The summed E-state index contributed by atoms with van der Waals surface area (Å²) in [5.74, 6) is 1.07. The number of hydrogen-bond donors (Lipinski definition) is 1. The Morgan fingerprint density at radius 2 is 1.75 bits per heavy atom. The molecule has 0 aliphatic heterocycles. The van der Waals surface area contributed by atoms with Crippen LogP contribution in [-0.2, 0) is 10.2 Å². The lowest BCUT2D eigenvalue weighted by Gasteiger charge is -2.32. The summed E-state index contributed by atoms with van der Waals surface area (Å²) < 4.78 is 0. The summed E-state index contributed by atoms with van der Waals surface area (Å²) in [5, 5.41) is 3.50. The monoisotopic (exact) mass is 385 g/mol. The fraction of sp³-hybridized carbons (Fsp3) is 0.654. The Morgan fingerprint density at radius 3 is 2.36 bits per heavy atom. The summed E-state index contributed by atoms with van der Waals surface area (Å²) in [6.45, 7) is 13.6. The Hall–Kier alpha value is -1.57. The van der Waals surface area contributed by atoms with Crippen molar-refractivity contribution >= 4 is 5.78 Å². The molecule has 0 saturated heterocycles. The first-order valence-corrected chi connectivity index (χ1v) is 11.4. The van der Waals surface area contributed by atoms with Crippen LogP contribution in [0.3, 0.4) is 0 Å². The minimum atomic E-state index is -0.340. The third-order valence-corrected chi connectivity index (χ3v) is 6.07. The van der Waals surface area contributed by atoms with Crippen molar-refractivity contribution in [3.05, 3.63) is 48.2 Å². The van der Waals surface area contributed by atoms with E-state index in [0.29, 0.717) is 5.78 Å². The molecule has 2 nitrogen and oxygen atoms in total. The fourth-order valence-corrected chi connectivity index (χ4v) is 4.20. The standard InChI is InChI=1S/C26H43NO/c1-6-8-10-14-22(3)17-18-23(4)27-21-13-20-26(19-7-2,24(5)28)25-15-11-9-12-16-25/h9,11-12,15-16,22,27H,4,6-8,10,13-14,17-21H2,1-3,5H3. The van der Waals surface area contributed by atoms with E-state index in [1.165, 1.54) is 37.7 Å². The molecule has 0 aromatic heterocycles. The maximum Gasteiger partial charge on any atom is 0.140 e. The first kappa shape index (κ1) is 24.5. The molecule has 0 amide bonds. The van der Waals surface area contributed by atoms with Crippen LogP contribution in [-0.4, -0.2) is 12.3 Å². The van der Waals surface area contributed by atoms with Gasteiger partial charge in [0.25, 0.3) is 0 Å². The van der Waals surface area contributed by atoms with Crippen LogP contribution in [0.25, 0.3) is 0 Å². The minimum Gasteiger partial charge on any atom is -0.389 e. The number of Topliss-reactive ketones (excluding diaryl/α,β-unsaturated/α-hetero) is 1. The van der Waals surface area contributed by atoms with E-state index in [0.717, 1.165) is 50.3 Å². The second kappa shape index (κ2) is 13.6. The highest BCUT2D eigenvalue weighted by Crippen LogP contribution is 2.35. The third-order valence-electron chi connectivity index (χ3n) is 6.07. The molecule has 1 aromatic carbocycles. The summed E-state index contributed by atoms with van der Waals surface area (Å²) in [6.07, 6.45) is 11.4. The van der Waals surface area contributed by atoms with Gasteiger partial charge < -0.3 is 5.32 Å². The molecule has 28 heavy (non-hydrogen) atoms. The molecule has 0 aliphatic rings. The largest absolute Gasteiger partial charge is 0.389 e. The van der Waals surface area contributed by atoms with Gasteiger partial charge in [-0.3, -0.25) is 4.79 Å². The second-order valence-electron chi connectivity index (χ2n) is 8.53. The normalized spacial score (nSPS) is 14.3. The van der Waals surface area contributed by atoms with E-state index in [9.17, 15) is 4.79 Å². The quantitative estimate of drug-likeness (QED) is 0.305. The average Bonchev–Trinajstić information content (AvgIpc) is 2.69.